The average molecular weight is 353 g/mol. The van der Waals surface area contributed by atoms with Crippen LogP contribution in [0.25, 0.3) is 11.1 Å². The first-order valence-corrected chi connectivity index (χ1v) is 9.26. The Kier molecular flexibility index (Phi) is 4.74. The third kappa shape index (κ3) is 3.37. The highest BCUT2D eigenvalue weighted by Gasteiger charge is 2.28. The summed E-state index contributed by atoms with van der Waals surface area (Å²) >= 11 is 0. The fraction of sp³-hybridized carbons (Fsp3) is 0.381. The molecule has 4 nitrogen and oxygen atoms in total. The van der Waals surface area contributed by atoms with E-state index in [9.17, 15) is 9.18 Å². The number of nitrogens with one attached hydrogen (secondary N) is 1. The number of amides is 1. The number of benzene rings is 2. The zero-order chi connectivity index (χ0) is 18.1. The first-order valence-electron chi connectivity index (χ1n) is 9.26. The number of fused-ring (bicyclic) bond motifs is 1. The predicted octanol–water partition coefficient (Wildman–Crippen LogP) is 2.68. The standard InChI is InChI=1S/C21H24FN3O/c1-15-13-24(10-8-23-15)14-21(26)25-9-7-17-11-19(22)18(12-20(17)25)16-5-3-2-4-6-16/h2-6,11-12,15,23H,7-10,13-14H2,1H3/t15-/m1/s1. The Labute approximate surface area is 153 Å². The molecule has 0 radical (unpaired) electrons. The quantitative estimate of drug-likeness (QED) is 0.922. The van der Waals surface area contributed by atoms with Crippen LogP contribution in [0, 0.1) is 5.82 Å². The van der Waals surface area contributed by atoms with Crippen LogP contribution in [0.15, 0.2) is 42.5 Å². The third-order valence-electron chi connectivity index (χ3n) is 5.26. The van der Waals surface area contributed by atoms with Crippen molar-refractivity contribution in [3.8, 4) is 11.1 Å². The first-order chi connectivity index (χ1) is 12.6. The van der Waals surface area contributed by atoms with E-state index in [2.05, 4.69) is 17.1 Å². The van der Waals surface area contributed by atoms with Crippen molar-refractivity contribution in [2.24, 2.45) is 0 Å². The highest BCUT2D eigenvalue weighted by atomic mass is 19.1. The summed E-state index contributed by atoms with van der Waals surface area (Å²) < 4.78 is 14.6. The van der Waals surface area contributed by atoms with Gasteiger partial charge in [0, 0.05) is 43.5 Å². The van der Waals surface area contributed by atoms with Crippen molar-refractivity contribution >= 4 is 11.6 Å². The second kappa shape index (κ2) is 7.17. The Hall–Kier alpha value is -2.24. The third-order valence-corrected chi connectivity index (χ3v) is 5.26. The van der Waals surface area contributed by atoms with Crippen molar-refractivity contribution in [3.05, 3.63) is 53.8 Å². The van der Waals surface area contributed by atoms with Crippen LogP contribution in [0.3, 0.4) is 0 Å². The lowest BCUT2D eigenvalue weighted by atomic mass is 10.0. The first kappa shape index (κ1) is 17.2. The summed E-state index contributed by atoms with van der Waals surface area (Å²) in [5.41, 5.74) is 3.17. The normalized spacial score (nSPS) is 20.2. The molecule has 2 aliphatic rings. The van der Waals surface area contributed by atoms with E-state index in [4.69, 9.17) is 0 Å². The fourth-order valence-corrected chi connectivity index (χ4v) is 3.94. The van der Waals surface area contributed by atoms with Crippen LogP contribution >= 0.6 is 0 Å². The van der Waals surface area contributed by atoms with Crippen molar-refractivity contribution in [2.75, 3.05) is 37.6 Å². The Balaban J connectivity index is 1.57. The minimum atomic E-state index is -0.222. The average Bonchev–Trinajstić information content (AvgIpc) is 3.04. The van der Waals surface area contributed by atoms with E-state index in [1.54, 1.807) is 6.07 Å². The van der Waals surface area contributed by atoms with Gasteiger partial charge in [-0.05, 0) is 36.6 Å². The number of hydrogen-bond acceptors (Lipinski definition) is 3. The molecule has 1 N–H and O–H groups in total. The molecule has 2 aliphatic heterocycles. The molecule has 0 aromatic heterocycles. The zero-order valence-electron chi connectivity index (χ0n) is 15.0. The van der Waals surface area contributed by atoms with E-state index < -0.39 is 0 Å². The van der Waals surface area contributed by atoms with Crippen LogP contribution in [-0.2, 0) is 11.2 Å². The summed E-state index contributed by atoms with van der Waals surface area (Å²) in [5.74, 6) is -0.122. The fourth-order valence-electron chi connectivity index (χ4n) is 3.94. The maximum absolute atomic E-state index is 14.6. The zero-order valence-corrected chi connectivity index (χ0v) is 15.0. The molecule has 1 amide bonds. The van der Waals surface area contributed by atoms with Gasteiger partial charge < -0.3 is 10.2 Å². The van der Waals surface area contributed by atoms with E-state index in [0.717, 1.165) is 36.4 Å². The van der Waals surface area contributed by atoms with Crippen LogP contribution in [0.4, 0.5) is 10.1 Å². The van der Waals surface area contributed by atoms with Gasteiger partial charge in [-0.15, -0.1) is 0 Å². The topological polar surface area (TPSA) is 35.6 Å². The molecule has 1 atom stereocenters. The van der Waals surface area contributed by atoms with E-state index in [-0.39, 0.29) is 11.7 Å². The van der Waals surface area contributed by atoms with Crippen LogP contribution in [-0.4, -0.2) is 49.6 Å². The number of rotatable bonds is 3. The van der Waals surface area contributed by atoms with Gasteiger partial charge in [0.2, 0.25) is 5.91 Å². The van der Waals surface area contributed by atoms with Gasteiger partial charge in [0.15, 0.2) is 0 Å². The van der Waals surface area contributed by atoms with Crippen LogP contribution in [0.5, 0.6) is 0 Å². The number of anilines is 1. The molecule has 136 valence electrons. The second-order valence-electron chi connectivity index (χ2n) is 7.21. The highest BCUT2D eigenvalue weighted by Crippen LogP contribution is 2.35. The monoisotopic (exact) mass is 353 g/mol. The minimum Gasteiger partial charge on any atom is -0.312 e. The van der Waals surface area contributed by atoms with Crippen LogP contribution in [0.1, 0.15) is 12.5 Å². The summed E-state index contributed by atoms with van der Waals surface area (Å²) in [5, 5.41) is 3.39. The van der Waals surface area contributed by atoms with E-state index in [1.165, 1.54) is 0 Å². The molecular formula is C21H24FN3O. The lowest BCUT2D eigenvalue weighted by molar-refractivity contribution is -0.119. The molecule has 26 heavy (non-hydrogen) atoms. The summed E-state index contributed by atoms with van der Waals surface area (Å²) in [4.78, 5) is 16.9. The molecule has 2 aromatic rings. The van der Waals surface area contributed by atoms with Crippen LogP contribution < -0.4 is 10.2 Å². The van der Waals surface area contributed by atoms with Crippen molar-refractivity contribution in [2.45, 2.75) is 19.4 Å². The molecular weight excluding hydrogens is 329 g/mol. The second-order valence-corrected chi connectivity index (χ2v) is 7.21. The maximum atomic E-state index is 14.6. The molecule has 0 saturated carbocycles. The number of nitrogens with zero attached hydrogens (tertiary/aromatic N) is 2. The molecule has 0 spiro atoms. The molecule has 2 aromatic carbocycles. The number of carbonyl (C=O) groups excluding carboxylic acids is 1. The molecule has 1 saturated heterocycles. The molecule has 1 fully saturated rings. The minimum absolute atomic E-state index is 0.100. The number of piperazine rings is 1. The lowest BCUT2D eigenvalue weighted by Crippen LogP contribution is -2.52. The van der Waals surface area contributed by atoms with Crippen molar-refractivity contribution < 1.29 is 9.18 Å². The smallest absolute Gasteiger partial charge is 0.241 e. The van der Waals surface area contributed by atoms with E-state index in [0.29, 0.717) is 31.1 Å². The van der Waals surface area contributed by atoms with Gasteiger partial charge in [0.1, 0.15) is 5.82 Å². The molecule has 0 unspecified atom stereocenters. The molecule has 5 heteroatoms. The number of halogens is 1. The maximum Gasteiger partial charge on any atom is 0.241 e. The van der Waals surface area contributed by atoms with Gasteiger partial charge in [-0.2, -0.15) is 0 Å². The SMILES string of the molecule is C[C@@H]1CN(CC(=O)N2CCc3cc(F)c(-c4ccccc4)cc32)CCN1. The van der Waals surface area contributed by atoms with Crippen molar-refractivity contribution in [3.63, 3.8) is 0 Å². The summed E-state index contributed by atoms with van der Waals surface area (Å²) in [6.45, 7) is 5.86. The number of hydrogen-bond donors (Lipinski definition) is 1. The van der Waals surface area contributed by atoms with E-state index in [1.807, 2.05) is 41.3 Å². The predicted molar refractivity (Wildman–Crippen MR) is 102 cm³/mol. The Morgan fingerprint density at radius 3 is 2.81 bits per heavy atom. The molecule has 2 heterocycles. The van der Waals surface area contributed by atoms with E-state index >= 15 is 0 Å². The molecule has 0 bridgehead atoms. The van der Waals surface area contributed by atoms with Gasteiger partial charge in [-0.3, -0.25) is 9.69 Å². The summed E-state index contributed by atoms with van der Waals surface area (Å²) in [7, 11) is 0. The Morgan fingerprint density at radius 2 is 2.04 bits per heavy atom. The summed E-state index contributed by atoms with van der Waals surface area (Å²) in [6.07, 6.45) is 0.713. The highest BCUT2D eigenvalue weighted by molar-refractivity contribution is 5.97. The lowest BCUT2D eigenvalue weighted by Gasteiger charge is -2.32. The summed E-state index contributed by atoms with van der Waals surface area (Å²) in [6, 6.07) is 13.3. The van der Waals surface area contributed by atoms with Gasteiger partial charge in [0.25, 0.3) is 0 Å². The Morgan fingerprint density at radius 1 is 1.23 bits per heavy atom. The Bertz CT molecular complexity index is 808. The van der Waals surface area contributed by atoms with Gasteiger partial charge in [0.05, 0.1) is 6.54 Å². The van der Waals surface area contributed by atoms with Gasteiger partial charge in [-0.25, -0.2) is 4.39 Å². The van der Waals surface area contributed by atoms with Crippen molar-refractivity contribution in [1.29, 1.82) is 0 Å². The van der Waals surface area contributed by atoms with Gasteiger partial charge in [-0.1, -0.05) is 30.3 Å². The largest absolute Gasteiger partial charge is 0.312 e. The molecule has 4 rings (SSSR count). The van der Waals surface area contributed by atoms with Crippen LogP contribution in [0.2, 0.25) is 0 Å². The molecule has 0 aliphatic carbocycles. The van der Waals surface area contributed by atoms with Crippen molar-refractivity contribution in [1.82, 2.24) is 10.2 Å². The van der Waals surface area contributed by atoms with Gasteiger partial charge >= 0.3 is 0 Å². The number of carbonyl (C=O) groups is 1.